The van der Waals surface area contributed by atoms with Gasteiger partial charge < -0.3 is 9.64 Å². The summed E-state index contributed by atoms with van der Waals surface area (Å²) < 4.78 is 5.23. The molecule has 1 aliphatic carbocycles. The van der Waals surface area contributed by atoms with Crippen molar-refractivity contribution in [2.75, 3.05) is 26.9 Å². The molecule has 0 spiro atoms. The zero-order valence-electron chi connectivity index (χ0n) is 8.03. The predicted octanol–water partition coefficient (Wildman–Crippen LogP) is 1.05. The van der Waals surface area contributed by atoms with Gasteiger partial charge in [-0.05, 0) is 32.1 Å². The summed E-state index contributed by atoms with van der Waals surface area (Å²) in [5, 5.41) is 0.672. The van der Waals surface area contributed by atoms with E-state index in [-0.39, 0.29) is 0 Å². The molecule has 2 aliphatic rings. The third kappa shape index (κ3) is 1.94. The SMILES string of the molecule is CN(CN1CCOC1=S)C1CCC1. The highest BCUT2D eigenvalue weighted by Crippen LogP contribution is 2.23. The van der Waals surface area contributed by atoms with Crippen LogP contribution in [0.2, 0.25) is 0 Å². The van der Waals surface area contributed by atoms with E-state index < -0.39 is 0 Å². The van der Waals surface area contributed by atoms with Crippen molar-refractivity contribution >= 4 is 17.4 Å². The van der Waals surface area contributed by atoms with Gasteiger partial charge in [0.25, 0.3) is 5.17 Å². The van der Waals surface area contributed by atoms with Gasteiger partial charge >= 0.3 is 0 Å². The lowest BCUT2D eigenvalue weighted by Crippen LogP contribution is -2.44. The second-order valence-electron chi connectivity index (χ2n) is 3.86. The normalized spacial score (nSPS) is 23.5. The number of hydrogen-bond donors (Lipinski definition) is 0. The second kappa shape index (κ2) is 3.80. The number of thiocarbonyl (C=S) groups is 1. The van der Waals surface area contributed by atoms with Crippen molar-refractivity contribution in [3.05, 3.63) is 0 Å². The molecule has 2 fully saturated rings. The minimum absolute atomic E-state index is 0.672. The van der Waals surface area contributed by atoms with E-state index in [1.165, 1.54) is 19.3 Å². The standard InChI is InChI=1S/C9H16N2OS/c1-10(8-3-2-4-8)7-11-5-6-12-9(11)13/h8H,2-7H2,1H3. The molecule has 13 heavy (non-hydrogen) atoms. The van der Waals surface area contributed by atoms with E-state index in [0.29, 0.717) is 5.17 Å². The fourth-order valence-corrected chi connectivity index (χ4v) is 2.00. The molecule has 0 aromatic heterocycles. The van der Waals surface area contributed by atoms with Gasteiger partial charge in [-0.15, -0.1) is 0 Å². The first-order chi connectivity index (χ1) is 6.27. The average Bonchev–Trinajstić information content (AvgIpc) is 2.32. The molecule has 0 aromatic carbocycles. The van der Waals surface area contributed by atoms with Crippen molar-refractivity contribution in [3.8, 4) is 0 Å². The Morgan fingerprint density at radius 3 is 2.85 bits per heavy atom. The summed E-state index contributed by atoms with van der Waals surface area (Å²) in [4.78, 5) is 4.51. The topological polar surface area (TPSA) is 15.7 Å². The molecule has 3 nitrogen and oxygen atoms in total. The number of hydrogen-bond acceptors (Lipinski definition) is 3. The summed E-state index contributed by atoms with van der Waals surface area (Å²) in [5.74, 6) is 0. The molecule has 0 bridgehead atoms. The first-order valence-corrected chi connectivity index (χ1v) is 5.30. The molecule has 1 heterocycles. The summed E-state index contributed by atoms with van der Waals surface area (Å²) in [6.45, 7) is 2.65. The minimum Gasteiger partial charge on any atom is -0.469 e. The molecule has 0 unspecified atom stereocenters. The van der Waals surface area contributed by atoms with E-state index in [0.717, 1.165) is 25.9 Å². The maximum absolute atomic E-state index is 5.23. The van der Waals surface area contributed by atoms with Crippen LogP contribution < -0.4 is 0 Å². The van der Waals surface area contributed by atoms with Gasteiger partial charge in [-0.3, -0.25) is 4.90 Å². The van der Waals surface area contributed by atoms with E-state index in [1.807, 2.05) is 0 Å². The van der Waals surface area contributed by atoms with Gasteiger partial charge in [0.2, 0.25) is 0 Å². The zero-order valence-corrected chi connectivity index (χ0v) is 8.85. The maximum Gasteiger partial charge on any atom is 0.260 e. The molecular formula is C9H16N2OS. The fourth-order valence-electron chi connectivity index (χ4n) is 1.77. The van der Waals surface area contributed by atoms with Crippen LogP contribution in [-0.4, -0.2) is 47.9 Å². The van der Waals surface area contributed by atoms with Crippen LogP contribution in [0, 0.1) is 0 Å². The highest BCUT2D eigenvalue weighted by molar-refractivity contribution is 7.80. The molecule has 0 N–H and O–H groups in total. The van der Waals surface area contributed by atoms with E-state index in [1.54, 1.807) is 0 Å². The number of nitrogens with zero attached hydrogens (tertiary/aromatic N) is 2. The Labute approximate surface area is 84.6 Å². The largest absolute Gasteiger partial charge is 0.469 e. The number of rotatable bonds is 3. The van der Waals surface area contributed by atoms with E-state index in [9.17, 15) is 0 Å². The summed E-state index contributed by atoms with van der Waals surface area (Å²) in [6.07, 6.45) is 4.08. The van der Waals surface area contributed by atoms with Gasteiger partial charge in [-0.1, -0.05) is 6.42 Å². The molecule has 1 aliphatic heterocycles. The van der Waals surface area contributed by atoms with E-state index >= 15 is 0 Å². The predicted molar refractivity (Wildman–Crippen MR) is 55.5 cm³/mol. The lowest BCUT2D eigenvalue weighted by molar-refractivity contribution is 0.117. The summed E-state index contributed by atoms with van der Waals surface area (Å²) in [6, 6.07) is 0.781. The Morgan fingerprint density at radius 2 is 2.38 bits per heavy atom. The Kier molecular flexibility index (Phi) is 2.69. The van der Waals surface area contributed by atoms with Crippen molar-refractivity contribution in [3.63, 3.8) is 0 Å². The third-order valence-corrected chi connectivity index (χ3v) is 3.31. The maximum atomic E-state index is 5.23. The lowest BCUT2D eigenvalue weighted by atomic mass is 9.92. The number of ether oxygens (including phenoxy) is 1. The van der Waals surface area contributed by atoms with Crippen LogP contribution in [0.4, 0.5) is 0 Å². The smallest absolute Gasteiger partial charge is 0.260 e. The van der Waals surface area contributed by atoms with Gasteiger partial charge in [-0.25, -0.2) is 0 Å². The van der Waals surface area contributed by atoms with Crippen molar-refractivity contribution in [2.24, 2.45) is 0 Å². The molecule has 0 radical (unpaired) electrons. The van der Waals surface area contributed by atoms with Crippen molar-refractivity contribution in [1.82, 2.24) is 9.80 Å². The second-order valence-corrected chi connectivity index (χ2v) is 4.21. The van der Waals surface area contributed by atoms with E-state index in [2.05, 4.69) is 16.8 Å². The molecule has 4 heteroatoms. The van der Waals surface area contributed by atoms with Gasteiger partial charge in [-0.2, -0.15) is 0 Å². The molecular weight excluding hydrogens is 184 g/mol. The van der Waals surface area contributed by atoms with Gasteiger partial charge in [0.15, 0.2) is 0 Å². The molecule has 0 amide bonds. The quantitative estimate of drug-likeness (QED) is 0.632. The van der Waals surface area contributed by atoms with Crippen LogP contribution >= 0.6 is 12.2 Å². The highest BCUT2D eigenvalue weighted by atomic mass is 32.1. The van der Waals surface area contributed by atoms with E-state index in [4.69, 9.17) is 17.0 Å². The zero-order chi connectivity index (χ0) is 9.26. The van der Waals surface area contributed by atoms with Crippen LogP contribution in [0.25, 0.3) is 0 Å². The Hall–Kier alpha value is -0.350. The summed E-state index contributed by atoms with van der Waals surface area (Å²) >= 11 is 5.08. The fraction of sp³-hybridized carbons (Fsp3) is 0.889. The van der Waals surface area contributed by atoms with Gasteiger partial charge in [0.1, 0.15) is 6.61 Å². The molecule has 1 saturated carbocycles. The molecule has 0 aromatic rings. The molecule has 2 rings (SSSR count). The summed E-state index contributed by atoms with van der Waals surface area (Å²) in [5.41, 5.74) is 0. The van der Waals surface area contributed by atoms with Crippen LogP contribution in [0.3, 0.4) is 0 Å². The monoisotopic (exact) mass is 200 g/mol. The Morgan fingerprint density at radius 1 is 1.62 bits per heavy atom. The van der Waals surface area contributed by atoms with Crippen molar-refractivity contribution in [1.29, 1.82) is 0 Å². The lowest BCUT2D eigenvalue weighted by Gasteiger charge is -2.36. The third-order valence-electron chi connectivity index (χ3n) is 2.94. The van der Waals surface area contributed by atoms with Crippen LogP contribution in [-0.2, 0) is 4.74 Å². The Balaban J connectivity index is 1.79. The van der Waals surface area contributed by atoms with Crippen LogP contribution in [0.1, 0.15) is 19.3 Å². The van der Waals surface area contributed by atoms with Crippen LogP contribution in [0.5, 0.6) is 0 Å². The van der Waals surface area contributed by atoms with Crippen LogP contribution in [0.15, 0.2) is 0 Å². The summed E-state index contributed by atoms with van der Waals surface area (Å²) in [7, 11) is 2.17. The van der Waals surface area contributed by atoms with Crippen molar-refractivity contribution < 1.29 is 4.74 Å². The van der Waals surface area contributed by atoms with Gasteiger partial charge in [0.05, 0.1) is 13.2 Å². The minimum atomic E-state index is 0.672. The first-order valence-electron chi connectivity index (χ1n) is 4.89. The Bertz CT molecular complexity index is 206. The first kappa shape index (κ1) is 9.21. The van der Waals surface area contributed by atoms with Gasteiger partial charge in [0, 0.05) is 6.04 Å². The molecule has 1 saturated heterocycles. The molecule has 0 atom stereocenters. The highest BCUT2D eigenvalue weighted by Gasteiger charge is 2.26. The molecule has 74 valence electrons. The average molecular weight is 200 g/mol. The van der Waals surface area contributed by atoms with Crippen molar-refractivity contribution in [2.45, 2.75) is 25.3 Å².